The summed E-state index contributed by atoms with van der Waals surface area (Å²) in [7, 11) is 0. The van der Waals surface area contributed by atoms with E-state index in [0.29, 0.717) is 10.6 Å². The van der Waals surface area contributed by atoms with Gasteiger partial charge in [0.15, 0.2) is 0 Å². The maximum absolute atomic E-state index is 12.9. The summed E-state index contributed by atoms with van der Waals surface area (Å²) in [5, 5.41) is 3.77. The van der Waals surface area contributed by atoms with Crippen molar-refractivity contribution < 1.29 is 9.18 Å². The SMILES string of the molecule is Cc1nc(CN2CCCCC2)sc1C(=O)Nc1ccc(F)cc1. The Kier molecular flexibility index (Phi) is 5.03. The van der Waals surface area contributed by atoms with E-state index in [9.17, 15) is 9.18 Å². The number of thiazole rings is 1. The number of nitrogens with one attached hydrogen (secondary N) is 1. The molecule has 2 heterocycles. The number of halogens is 1. The van der Waals surface area contributed by atoms with Gasteiger partial charge in [-0.25, -0.2) is 9.37 Å². The highest BCUT2D eigenvalue weighted by Gasteiger charge is 2.18. The molecule has 0 unspecified atom stereocenters. The van der Waals surface area contributed by atoms with Gasteiger partial charge in [0, 0.05) is 5.69 Å². The summed E-state index contributed by atoms with van der Waals surface area (Å²) in [6.07, 6.45) is 3.78. The number of carbonyl (C=O) groups is 1. The van der Waals surface area contributed by atoms with Crippen LogP contribution in [0.25, 0.3) is 0 Å². The second kappa shape index (κ2) is 7.19. The van der Waals surface area contributed by atoms with Crippen molar-refractivity contribution in [3.8, 4) is 0 Å². The van der Waals surface area contributed by atoms with E-state index in [1.165, 1.54) is 42.7 Å². The van der Waals surface area contributed by atoms with Crippen molar-refractivity contribution in [2.24, 2.45) is 0 Å². The molecule has 6 heteroatoms. The van der Waals surface area contributed by atoms with Crippen LogP contribution in [0, 0.1) is 12.7 Å². The van der Waals surface area contributed by atoms with E-state index >= 15 is 0 Å². The number of aryl methyl sites for hydroxylation is 1. The normalized spacial score (nSPS) is 15.6. The molecule has 3 rings (SSSR count). The fraction of sp³-hybridized carbons (Fsp3) is 0.412. The minimum Gasteiger partial charge on any atom is -0.321 e. The first-order chi connectivity index (χ1) is 11.1. The molecule has 1 aliphatic heterocycles. The molecule has 0 atom stereocenters. The van der Waals surface area contributed by atoms with Crippen molar-refractivity contribution in [3.63, 3.8) is 0 Å². The number of likely N-dealkylation sites (tertiary alicyclic amines) is 1. The molecular formula is C17H20FN3OS. The van der Waals surface area contributed by atoms with Crippen LogP contribution in [0.15, 0.2) is 24.3 Å². The minimum atomic E-state index is -0.319. The molecule has 0 bridgehead atoms. The molecule has 1 N–H and O–H groups in total. The molecule has 0 saturated carbocycles. The zero-order chi connectivity index (χ0) is 16.2. The minimum absolute atomic E-state index is 0.184. The average Bonchev–Trinajstić information content (AvgIpc) is 2.91. The third kappa shape index (κ3) is 4.14. The second-order valence-corrected chi connectivity index (χ2v) is 6.90. The molecule has 1 saturated heterocycles. The third-order valence-corrected chi connectivity index (χ3v) is 5.10. The second-order valence-electron chi connectivity index (χ2n) is 5.82. The summed E-state index contributed by atoms with van der Waals surface area (Å²) in [5.41, 5.74) is 1.34. The number of piperidine rings is 1. The van der Waals surface area contributed by atoms with E-state index in [1.807, 2.05) is 6.92 Å². The van der Waals surface area contributed by atoms with Gasteiger partial charge in [-0.1, -0.05) is 6.42 Å². The number of anilines is 1. The lowest BCUT2D eigenvalue weighted by molar-refractivity contribution is 0.103. The first-order valence-electron chi connectivity index (χ1n) is 7.87. The van der Waals surface area contributed by atoms with Gasteiger partial charge >= 0.3 is 0 Å². The van der Waals surface area contributed by atoms with Crippen LogP contribution < -0.4 is 5.32 Å². The molecule has 1 aliphatic rings. The summed E-state index contributed by atoms with van der Waals surface area (Å²) in [5.74, 6) is -0.503. The van der Waals surface area contributed by atoms with Gasteiger partial charge in [0.1, 0.15) is 15.7 Å². The van der Waals surface area contributed by atoms with Crippen LogP contribution in [0.4, 0.5) is 10.1 Å². The van der Waals surface area contributed by atoms with Gasteiger partial charge in [0.2, 0.25) is 0 Å². The Bertz CT molecular complexity index is 678. The van der Waals surface area contributed by atoms with Gasteiger partial charge in [0.25, 0.3) is 5.91 Å². The number of nitrogens with zero attached hydrogens (tertiary/aromatic N) is 2. The lowest BCUT2D eigenvalue weighted by Crippen LogP contribution is -2.28. The highest BCUT2D eigenvalue weighted by molar-refractivity contribution is 7.13. The number of hydrogen-bond donors (Lipinski definition) is 1. The van der Waals surface area contributed by atoms with Gasteiger partial charge in [-0.2, -0.15) is 0 Å². The lowest BCUT2D eigenvalue weighted by Gasteiger charge is -2.25. The zero-order valence-electron chi connectivity index (χ0n) is 13.1. The van der Waals surface area contributed by atoms with Crippen LogP contribution in [0.5, 0.6) is 0 Å². The van der Waals surface area contributed by atoms with E-state index in [2.05, 4.69) is 15.2 Å². The highest BCUT2D eigenvalue weighted by Crippen LogP contribution is 2.22. The Labute approximate surface area is 139 Å². The topological polar surface area (TPSA) is 45.2 Å². The third-order valence-electron chi connectivity index (χ3n) is 3.96. The number of aromatic nitrogens is 1. The summed E-state index contributed by atoms with van der Waals surface area (Å²) >= 11 is 1.44. The maximum atomic E-state index is 12.9. The number of hydrogen-bond acceptors (Lipinski definition) is 4. The summed E-state index contributed by atoms with van der Waals surface area (Å²) in [6.45, 7) is 4.89. The molecular weight excluding hydrogens is 313 g/mol. The smallest absolute Gasteiger partial charge is 0.267 e. The standard InChI is InChI=1S/C17H20FN3OS/c1-12-16(17(22)20-14-7-5-13(18)6-8-14)23-15(19-12)11-21-9-3-2-4-10-21/h5-8H,2-4,9-11H2,1H3,(H,20,22). The molecule has 122 valence electrons. The zero-order valence-corrected chi connectivity index (χ0v) is 14.0. The molecule has 0 aliphatic carbocycles. The fourth-order valence-electron chi connectivity index (χ4n) is 2.76. The molecule has 1 aromatic carbocycles. The Balaban J connectivity index is 1.67. The largest absolute Gasteiger partial charge is 0.321 e. The predicted octanol–water partition coefficient (Wildman–Crippen LogP) is 3.83. The first kappa shape index (κ1) is 16.1. The van der Waals surface area contributed by atoms with Gasteiger partial charge in [0.05, 0.1) is 12.2 Å². The molecule has 1 aromatic heterocycles. The van der Waals surface area contributed by atoms with Crippen LogP contribution >= 0.6 is 11.3 Å². The van der Waals surface area contributed by atoms with Crippen LogP contribution in [-0.4, -0.2) is 28.9 Å². The number of rotatable bonds is 4. The lowest BCUT2D eigenvalue weighted by atomic mass is 10.1. The van der Waals surface area contributed by atoms with E-state index in [0.717, 1.165) is 30.3 Å². The van der Waals surface area contributed by atoms with E-state index < -0.39 is 0 Å². The van der Waals surface area contributed by atoms with Crippen molar-refractivity contribution in [1.29, 1.82) is 0 Å². The Morgan fingerprint density at radius 3 is 2.65 bits per heavy atom. The van der Waals surface area contributed by atoms with Crippen LogP contribution in [-0.2, 0) is 6.54 Å². The molecule has 1 amide bonds. The molecule has 1 fully saturated rings. The average molecular weight is 333 g/mol. The summed E-state index contributed by atoms with van der Waals surface area (Å²) in [4.78, 5) is 19.9. The maximum Gasteiger partial charge on any atom is 0.267 e. The van der Waals surface area contributed by atoms with Crippen LogP contribution in [0.2, 0.25) is 0 Å². The quantitative estimate of drug-likeness (QED) is 0.925. The van der Waals surface area contributed by atoms with Gasteiger partial charge in [-0.3, -0.25) is 9.69 Å². The van der Waals surface area contributed by atoms with E-state index in [4.69, 9.17) is 0 Å². The van der Waals surface area contributed by atoms with Crippen molar-refractivity contribution >= 4 is 22.9 Å². The fourth-order valence-corrected chi connectivity index (χ4v) is 3.76. The molecule has 0 radical (unpaired) electrons. The van der Waals surface area contributed by atoms with E-state index in [-0.39, 0.29) is 11.7 Å². The van der Waals surface area contributed by atoms with Gasteiger partial charge < -0.3 is 5.32 Å². The van der Waals surface area contributed by atoms with E-state index in [1.54, 1.807) is 12.1 Å². The molecule has 2 aromatic rings. The highest BCUT2D eigenvalue weighted by atomic mass is 32.1. The number of carbonyl (C=O) groups excluding carboxylic acids is 1. The van der Waals surface area contributed by atoms with Crippen LogP contribution in [0.3, 0.4) is 0 Å². The number of benzene rings is 1. The molecule has 4 nitrogen and oxygen atoms in total. The molecule has 0 spiro atoms. The Morgan fingerprint density at radius 1 is 1.26 bits per heavy atom. The summed E-state index contributed by atoms with van der Waals surface area (Å²) < 4.78 is 12.9. The Morgan fingerprint density at radius 2 is 1.96 bits per heavy atom. The van der Waals surface area contributed by atoms with Crippen molar-refractivity contribution in [3.05, 3.63) is 45.7 Å². The van der Waals surface area contributed by atoms with Crippen LogP contribution in [0.1, 0.15) is 39.6 Å². The Hall–Kier alpha value is -1.79. The monoisotopic (exact) mass is 333 g/mol. The first-order valence-corrected chi connectivity index (χ1v) is 8.69. The molecule has 23 heavy (non-hydrogen) atoms. The predicted molar refractivity (Wildman–Crippen MR) is 90.3 cm³/mol. The van der Waals surface area contributed by atoms with Gasteiger partial charge in [-0.15, -0.1) is 11.3 Å². The van der Waals surface area contributed by atoms with Crippen molar-refractivity contribution in [2.75, 3.05) is 18.4 Å². The number of amides is 1. The van der Waals surface area contributed by atoms with Crippen molar-refractivity contribution in [2.45, 2.75) is 32.7 Å². The van der Waals surface area contributed by atoms with Crippen molar-refractivity contribution in [1.82, 2.24) is 9.88 Å². The summed E-state index contributed by atoms with van der Waals surface area (Å²) in [6, 6.07) is 5.77. The van der Waals surface area contributed by atoms with Gasteiger partial charge in [-0.05, 0) is 57.1 Å².